The Bertz CT molecular complexity index is 1270. The number of nitrogens with zero attached hydrogens (tertiary/aromatic N) is 2. The summed E-state index contributed by atoms with van der Waals surface area (Å²) in [5.41, 5.74) is 2.27. The third-order valence-corrected chi connectivity index (χ3v) is 9.33. The number of rotatable bonds is 11. The van der Waals surface area contributed by atoms with Crippen LogP contribution in [0.15, 0.2) is 47.4 Å². The lowest BCUT2D eigenvalue weighted by molar-refractivity contribution is -0.122. The van der Waals surface area contributed by atoms with Crippen LogP contribution in [0.4, 0.5) is 5.69 Å². The van der Waals surface area contributed by atoms with Crippen molar-refractivity contribution in [2.45, 2.75) is 57.4 Å². The van der Waals surface area contributed by atoms with Crippen molar-refractivity contribution in [1.29, 1.82) is 0 Å². The molecular weight excluding hydrogens is 514 g/mol. The number of hydrogen-bond donors (Lipinski definition) is 1. The highest BCUT2D eigenvalue weighted by Crippen LogP contribution is 2.25. The van der Waals surface area contributed by atoms with Gasteiger partial charge in [-0.2, -0.15) is 4.31 Å². The molecule has 0 unspecified atom stereocenters. The van der Waals surface area contributed by atoms with Gasteiger partial charge in [-0.15, -0.1) is 0 Å². The summed E-state index contributed by atoms with van der Waals surface area (Å²) in [6.07, 6.45) is 4.18. The summed E-state index contributed by atoms with van der Waals surface area (Å²) < 4.78 is 59.2. The Kier molecular flexibility index (Phi) is 9.60. The lowest BCUT2D eigenvalue weighted by atomic mass is 10.1. The van der Waals surface area contributed by atoms with E-state index in [2.05, 4.69) is 5.32 Å². The lowest BCUT2D eigenvalue weighted by Gasteiger charge is -2.30. The van der Waals surface area contributed by atoms with Crippen LogP contribution in [-0.2, 0) is 24.8 Å². The molecule has 0 aromatic heterocycles. The average Bonchev–Trinajstić information content (AvgIpc) is 2.84. The number of piperidine rings is 1. The first-order chi connectivity index (χ1) is 17.4. The van der Waals surface area contributed by atoms with Crippen molar-refractivity contribution in [3.05, 3.63) is 53.6 Å². The third-order valence-electron chi connectivity index (χ3n) is 6.24. The second kappa shape index (κ2) is 12.3. The van der Waals surface area contributed by atoms with E-state index in [1.807, 2.05) is 19.9 Å². The number of aryl methyl sites for hydroxylation is 2. The molecule has 1 atom stereocenters. The molecule has 0 aliphatic carbocycles. The Balaban J connectivity index is 1.59. The normalized spacial score (nSPS) is 15.7. The Morgan fingerprint density at radius 3 is 2.14 bits per heavy atom. The molecule has 2 aromatic carbocycles. The molecule has 1 aliphatic rings. The number of nitrogens with one attached hydrogen (secondary N) is 1. The molecule has 1 heterocycles. The Morgan fingerprint density at radius 1 is 1.00 bits per heavy atom. The van der Waals surface area contributed by atoms with Crippen LogP contribution in [0.5, 0.6) is 5.75 Å². The highest BCUT2D eigenvalue weighted by Gasteiger charge is 2.31. The molecular formula is C26H37N3O6S2. The van der Waals surface area contributed by atoms with Gasteiger partial charge in [0.15, 0.2) is 0 Å². The monoisotopic (exact) mass is 551 g/mol. The fourth-order valence-corrected chi connectivity index (χ4v) is 7.27. The van der Waals surface area contributed by atoms with E-state index in [0.29, 0.717) is 30.9 Å². The minimum atomic E-state index is -3.72. The van der Waals surface area contributed by atoms with Crippen molar-refractivity contribution >= 4 is 31.6 Å². The molecule has 37 heavy (non-hydrogen) atoms. The number of sulfonamides is 2. The van der Waals surface area contributed by atoms with Crippen LogP contribution in [-0.4, -0.2) is 65.6 Å². The summed E-state index contributed by atoms with van der Waals surface area (Å²) in [5.74, 6) is 0.0607. The van der Waals surface area contributed by atoms with Gasteiger partial charge in [0.2, 0.25) is 26.0 Å². The quantitative estimate of drug-likeness (QED) is 0.429. The van der Waals surface area contributed by atoms with E-state index in [1.165, 1.54) is 20.7 Å². The van der Waals surface area contributed by atoms with E-state index >= 15 is 0 Å². The summed E-state index contributed by atoms with van der Waals surface area (Å²) in [4.78, 5) is 13.2. The summed E-state index contributed by atoms with van der Waals surface area (Å²) in [6.45, 7) is 6.91. The minimum Gasteiger partial charge on any atom is -0.492 e. The zero-order valence-electron chi connectivity index (χ0n) is 21.9. The molecule has 1 N–H and O–H groups in total. The summed E-state index contributed by atoms with van der Waals surface area (Å²) >= 11 is 0. The molecule has 0 bridgehead atoms. The third kappa shape index (κ3) is 7.45. The summed E-state index contributed by atoms with van der Waals surface area (Å²) in [5, 5.41) is 2.76. The number of hydrogen-bond acceptors (Lipinski definition) is 6. The molecule has 0 radical (unpaired) electrons. The first-order valence-electron chi connectivity index (χ1n) is 12.5. The highest BCUT2D eigenvalue weighted by molar-refractivity contribution is 7.92. The maximum atomic E-state index is 13.0. The van der Waals surface area contributed by atoms with Crippen molar-refractivity contribution in [3.8, 4) is 5.75 Å². The van der Waals surface area contributed by atoms with Crippen LogP contribution in [0.1, 0.15) is 43.7 Å². The van der Waals surface area contributed by atoms with Gasteiger partial charge in [0, 0.05) is 13.1 Å². The van der Waals surface area contributed by atoms with E-state index < -0.39 is 32.0 Å². The fraction of sp³-hybridized carbons (Fsp3) is 0.500. The maximum absolute atomic E-state index is 13.0. The number of anilines is 1. The number of carbonyl (C=O) groups is 1. The van der Waals surface area contributed by atoms with Gasteiger partial charge in [0.25, 0.3) is 0 Å². The summed E-state index contributed by atoms with van der Waals surface area (Å²) in [6, 6.07) is 10.8. The topological polar surface area (TPSA) is 113 Å². The molecule has 204 valence electrons. The van der Waals surface area contributed by atoms with Crippen LogP contribution < -0.4 is 14.4 Å². The first kappa shape index (κ1) is 28.9. The van der Waals surface area contributed by atoms with E-state index in [-0.39, 0.29) is 18.0 Å². The maximum Gasteiger partial charge on any atom is 0.244 e. The minimum absolute atomic E-state index is 0.142. The van der Waals surface area contributed by atoms with Crippen molar-refractivity contribution in [3.63, 3.8) is 0 Å². The van der Waals surface area contributed by atoms with E-state index in [9.17, 15) is 21.6 Å². The molecule has 3 rings (SSSR count). The first-order valence-corrected chi connectivity index (χ1v) is 15.8. The van der Waals surface area contributed by atoms with Crippen LogP contribution in [0.3, 0.4) is 0 Å². The Hall–Kier alpha value is -2.63. The second-order valence-electron chi connectivity index (χ2n) is 9.40. The molecule has 9 nitrogen and oxygen atoms in total. The van der Waals surface area contributed by atoms with Crippen LogP contribution in [0, 0.1) is 13.8 Å². The van der Waals surface area contributed by atoms with Crippen molar-refractivity contribution in [2.75, 3.05) is 36.8 Å². The van der Waals surface area contributed by atoms with E-state index in [0.717, 1.165) is 36.6 Å². The van der Waals surface area contributed by atoms with Crippen LogP contribution in [0.25, 0.3) is 0 Å². The fourth-order valence-electron chi connectivity index (χ4n) is 4.56. The number of benzene rings is 2. The zero-order valence-corrected chi connectivity index (χ0v) is 23.6. The molecule has 0 saturated carbocycles. The highest BCUT2D eigenvalue weighted by atomic mass is 32.2. The Labute approximate surface area is 220 Å². The number of carbonyl (C=O) groups excluding carboxylic acids is 1. The predicted octanol–water partition coefficient (Wildman–Crippen LogP) is 3.22. The molecule has 1 saturated heterocycles. The van der Waals surface area contributed by atoms with Gasteiger partial charge < -0.3 is 10.1 Å². The molecule has 1 aliphatic heterocycles. The smallest absolute Gasteiger partial charge is 0.244 e. The zero-order chi connectivity index (χ0) is 27.2. The number of amides is 1. The molecule has 0 spiro atoms. The molecule has 11 heteroatoms. The van der Waals surface area contributed by atoms with Gasteiger partial charge in [-0.3, -0.25) is 9.10 Å². The van der Waals surface area contributed by atoms with Crippen molar-refractivity contribution in [2.24, 2.45) is 0 Å². The van der Waals surface area contributed by atoms with Gasteiger partial charge in [-0.1, -0.05) is 19.4 Å². The van der Waals surface area contributed by atoms with Gasteiger partial charge in [-0.25, -0.2) is 16.8 Å². The van der Waals surface area contributed by atoms with Gasteiger partial charge in [0.05, 0.1) is 23.4 Å². The second-order valence-corrected chi connectivity index (χ2v) is 13.2. The Morgan fingerprint density at radius 2 is 1.59 bits per heavy atom. The predicted molar refractivity (Wildman–Crippen MR) is 145 cm³/mol. The molecule has 2 aromatic rings. The number of ether oxygens (including phenoxy) is 1. The SMILES string of the molecule is CC[C@@H](C(=O)NCCOc1ccc(S(=O)(=O)N2CCCCC2)cc1)N(c1cc(C)cc(C)c1)S(C)(=O)=O. The van der Waals surface area contributed by atoms with E-state index in [4.69, 9.17) is 4.74 Å². The van der Waals surface area contributed by atoms with Crippen molar-refractivity contribution in [1.82, 2.24) is 9.62 Å². The average molecular weight is 552 g/mol. The van der Waals surface area contributed by atoms with Crippen molar-refractivity contribution < 1.29 is 26.4 Å². The molecule has 1 amide bonds. The van der Waals surface area contributed by atoms with Crippen LogP contribution in [0.2, 0.25) is 0 Å². The van der Waals surface area contributed by atoms with Gasteiger partial charge in [0.1, 0.15) is 18.4 Å². The summed E-state index contributed by atoms with van der Waals surface area (Å²) in [7, 11) is -7.23. The largest absolute Gasteiger partial charge is 0.492 e. The van der Waals surface area contributed by atoms with E-state index in [1.54, 1.807) is 31.2 Å². The van der Waals surface area contributed by atoms with Crippen LogP contribution >= 0.6 is 0 Å². The lowest BCUT2D eigenvalue weighted by Crippen LogP contribution is -2.50. The molecule has 1 fully saturated rings. The van der Waals surface area contributed by atoms with Gasteiger partial charge >= 0.3 is 0 Å². The standard InChI is InChI=1S/C26H37N3O6S2/c1-5-25(29(36(4,31)32)22-18-20(2)17-21(3)19-22)26(30)27-13-16-35-23-9-11-24(12-10-23)37(33,34)28-14-7-6-8-15-28/h9-12,17-19,25H,5-8,13-16H2,1-4H3,(H,27,30)/t25-/m0/s1. The van der Waals surface area contributed by atoms with Gasteiger partial charge in [-0.05, 0) is 80.6 Å².